The van der Waals surface area contributed by atoms with Crippen LogP contribution in [0.25, 0.3) is 11.3 Å². The molecule has 114 valence electrons. The molecule has 0 spiro atoms. The van der Waals surface area contributed by atoms with Gasteiger partial charge >= 0.3 is 0 Å². The van der Waals surface area contributed by atoms with Crippen molar-refractivity contribution in [2.45, 2.75) is 19.9 Å². The molecule has 0 unspecified atom stereocenters. The van der Waals surface area contributed by atoms with Crippen molar-refractivity contribution in [3.05, 3.63) is 58.6 Å². The Balaban J connectivity index is 1.73. The Bertz CT molecular complexity index is 819. The Hall–Kier alpha value is -2.41. The number of nitrogens with one attached hydrogen (secondary N) is 2. The summed E-state index contributed by atoms with van der Waals surface area (Å²) in [7, 11) is 0. The largest absolute Gasteiger partial charge is 0.459 e. The van der Waals surface area contributed by atoms with E-state index in [0.717, 1.165) is 23.6 Å². The lowest BCUT2D eigenvalue weighted by molar-refractivity contribution is 0.521. The molecule has 3 rings (SSSR count). The molecule has 2 heterocycles. The number of aromatic amines is 1. The first-order valence-corrected chi connectivity index (χ1v) is 7.33. The van der Waals surface area contributed by atoms with E-state index in [4.69, 9.17) is 16.6 Å². The third-order valence-electron chi connectivity index (χ3n) is 3.26. The highest BCUT2D eigenvalue weighted by molar-refractivity contribution is 7.71. The molecule has 2 N–H and O–H groups in total. The molecule has 0 aliphatic carbocycles. The highest BCUT2D eigenvalue weighted by atomic mass is 32.1. The molecular formula is C15H15FN4OS. The van der Waals surface area contributed by atoms with Gasteiger partial charge in [0.2, 0.25) is 4.77 Å². The van der Waals surface area contributed by atoms with E-state index < -0.39 is 0 Å². The third kappa shape index (κ3) is 2.94. The van der Waals surface area contributed by atoms with Crippen LogP contribution in [-0.2, 0) is 13.0 Å². The zero-order chi connectivity index (χ0) is 15.5. The molecule has 0 aliphatic heterocycles. The van der Waals surface area contributed by atoms with Crippen LogP contribution in [0.2, 0.25) is 0 Å². The summed E-state index contributed by atoms with van der Waals surface area (Å²) in [5.74, 6) is 2.02. The Morgan fingerprint density at radius 2 is 2.05 bits per heavy atom. The standard InChI is InChI=1S/C15H15FN4OS/c1-2-14-18-19-15(22)20(14)17-9-12-7-8-13(21-12)10-3-5-11(16)6-4-10/h3-8,17H,2,9H2,1H3,(H,19,22). The Labute approximate surface area is 131 Å². The van der Waals surface area contributed by atoms with Gasteiger partial charge in [-0.3, -0.25) is 5.10 Å². The first kappa shape index (κ1) is 14.5. The van der Waals surface area contributed by atoms with Gasteiger partial charge in [0.15, 0.2) is 5.82 Å². The predicted octanol–water partition coefficient (Wildman–Crippen LogP) is 3.65. The molecule has 0 fully saturated rings. The van der Waals surface area contributed by atoms with Gasteiger partial charge < -0.3 is 9.84 Å². The number of H-pyrrole nitrogens is 1. The average Bonchev–Trinajstić information content (AvgIpc) is 3.12. The van der Waals surface area contributed by atoms with Crippen LogP contribution in [0.15, 0.2) is 40.8 Å². The normalized spacial score (nSPS) is 10.8. The zero-order valence-electron chi connectivity index (χ0n) is 12.0. The van der Waals surface area contributed by atoms with Gasteiger partial charge in [0.25, 0.3) is 0 Å². The quantitative estimate of drug-likeness (QED) is 0.705. The number of nitrogens with zero attached hydrogens (tertiary/aromatic N) is 2. The molecule has 1 aromatic carbocycles. The van der Waals surface area contributed by atoms with E-state index in [1.54, 1.807) is 16.8 Å². The molecule has 0 amide bonds. The number of rotatable bonds is 5. The molecule has 0 aliphatic rings. The van der Waals surface area contributed by atoms with E-state index in [1.807, 2.05) is 19.1 Å². The number of benzene rings is 1. The van der Waals surface area contributed by atoms with Crippen LogP contribution in [0.1, 0.15) is 18.5 Å². The van der Waals surface area contributed by atoms with Crippen molar-refractivity contribution in [2.75, 3.05) is 5.43 Å². The van der Waals surface area contributed by atoms with Gasteiger partial charge in [0.05, 0.1) is 6.54 Å². The Morgan fingerprint density at radius 1 is 1.27 bits per heavy atom. The topological polar surface area (TPSA) is 58.8 Å². The summed E-state index contributed by atoms with van der Waals surface area (Å²) in [6.45, 7) is 2.48. The summed E-state index contributed by atoms with van der Waals surface area (Å²) in [6, 6.07) is 9.93. The van der Waals surface area contributed by atoms with Crippen molar-refractivity contribution in [2.24, 2.45) is 0 Å². The molecule has 5 nitrogen and oxygen atoms in total. The van der Waals surface area contributed by atoms with Gasteiger partial charge in [-0.15, -0.1) is 0 Å². The van der Waals surface area contributed by atoms with Crippen molar-refractivity contribution in [1.29, 1.82) is 0 Å². The van der Waals surface area contributed by atoms with Crippen LogP contribution >= 0.6 is 12.2 Å². The Morgan fingerprint density at radius 3 is 2.77 bits per heavy atom. The van der Waals surface area contributed by atoms with Gasteiger partial charge in [-0.2, -0.15) is 5.10 Å². The predicted molar refractivity (Wildman–Crippen MR) is 84.0 cm³/mol. The van der Waals surface area contributed by atoms with Crippen molar-refractivity contribution in [3.63, 3.8) is 0 Å². The molecule has 22 heavy (non-hydrogen) atoms. The van der Waals surface area contributed by atoms with Gasteiger partial charge in [-0.05, 0) is 48.6 Å². The third-order valence-corrected chi connectivity index (χ3v) is 3.53. The molecule has 0 bridgehead atoms. The number of hydrogen-bond donors (Lipinski definition) is 2. The number of aromatic nitrogens is 3. The second-order valence-corrected chi connectivity index (χ2v) is 5.13. The second kappa shape index (κ2) is 6.15. The average molecular weight is 318 g/mol. The van der Waals surface area contributed by atoms with Gasteiger partial charge in [-0.25, -0.2) is 9.07 Å². The minimum atomic E-state index is -0.265. The molecule has 0 saturated heterocycles. The van der Waals surface area contributed by atoms with Crippen molar-refractivity contribution in [1.82, 2.24) is 14.9 Å². The van der Waals surface area contributed by atoms with Crippen molar-refractivity contribution < 1.29 is 8.81 Å². The first-order valence-electron chi connectivity index (χ1n) is 6.92. The smallest absolute Gasteiger partial charge is 0.214 e. The zero-order valence-corrected chi connectivity index (χ0v) is 12.8. The lowest BCUT2D eigenvalue weighted by atomic mass is 10.2. The van der Waals surface area contributed by atoms with E-state index in [0.29, 0.717) is 17.1 Å². The molecule has 0 radical (unpaired) electrons. The van der Waals surface area contributed by atoms with Crippen LogP contribution in [0.5, 0.6) is 0 Å². The molecule has 3 aromatic rings. The lowest BCUT2D eigenvalue weighted by Crippen LogP contribution is -2.16. The van der Waals surface area contributed by atoms with E-state index in [2.05, 4.69) is 15.6 Å². The number of hydrogen-bond acceptors (Lipinski definition) is 4. The fourth-order valence-corrected chi connectivity index (χ4v) is 2.34. The van der Waals surface area contributed by atoms with Crippen LogP contribution in [0.3, 0.4) is 0 Å². The highest BCUT2D eigenvalue weighted by Crippen LogP contribution is 2.22. The van der Waals surface area contributed by atoms with Crippen LogP contribution in [0, 0.1) is 10.6 Å². The van der Waals surface area contributed by atoms with Crippen LogP contribution in [-0.4, -0.2) is 14.9 Å². The van der Waals surface area contributed by atoms with E-state index in [9.17, 15) is 4.39 Å². The van der Waals surface area contributed by atoms with Crippen molar-refractivity contribution in [3.8, 4) is 11.3 Å². The SMILES string of the molecule is CCc1n[nH]c(=S)n1NCc1ccc(-c2ccc(F)cc2)o1. The second-order valence-electron chi connectivity index (χ2n) is 4.74. The summed E-state index contributed by atoms with van der Waals surface area (Å²) < 4.78 is 20.9. The van der Waals surface area contributed by atoms with Gasteiger partial charge in [0, 0.05) is 12.0 Å². The van der Waals surface area contributed by atoms with Gasteiger partial charge in [-0.1, -0.05) is 6.92 Å². The number of furan rings is 1. The molecule has 0 atom stereocenters. The molecule has 2 aromatic heterocycles. The fourth-order valence-electron chi connectivity index (χ4n) is 2.13. The molecular weight excluding hydrogens is 303 g/mol. The summed E-state index contributed by atoms with van der Waals surface area (Å²) in [6.07, 6.45) is 0.763. The maximum absolute atomic E-state index is 12.9. The summed E-state index contributed by atoms with van der Waals surface area (Å²) in [5.41, 5.74) is 4.00. The van der Waals surface area contributed by atoms with Crippen LogP contribution < -0.4 is 5.43 Å². The van der Waals surface area contributed by atoms with E-state index in [1.165, 1.54) is 12.1 Å². The fraction of sp³-hybridized carbons (Fsp3) is 0.200. The summed E-state index contributed by atoms with van der Waals surface area (Å²) in [4.78, 5) is 0. The monoisotopic (exact) mass is 318 g/mol. The molecule has 7 heteroatoms. The van der Waals surface area contributed by atoms with Crippen LogP contribution in [0.4, 0.5) is 4.39 Å². The van der Waals surface area contributed by atoms with Crippen molar-refractivity contribution >= 4 is 12.2 Å². The van der Waals surface area contributed by atoms with E-state index in [-0.39, 0.29) is 5.82 Å². The Kier molecular flexibility index (Phi) is 4.06. The summed E-state index contributed by atoms with van der Waals surface area (Å²) in [5, 5.41) is 6.87. The van der Waals surface area contributed by atoms with E-state index >= 15 is 0 Å². The maximum atomic E-state index is 12.9. The maximum Gasteiger partial charge on any atom is 0.214 e. The summed E-state index contributed by atoms with van der Waals surface area (Å²) >= 11 is 5.16. The number of aryl methyl sites for hydroxylation is 1. The van der Waals surface area contributed by atoms with Gasteiger partial charge in [0.1, 0.15) is 17.3 Å². The number of halogens is 1. The minimum absolute atomic E-state index is 0.265. The highest BCUT2D eigenvalue weighted by Gasteiger charge is 2.07. The minimum Gasteiger partial charge on any atom is -0.459 e. The molecule has 0 saturated carbocycles. The first-order chi connectivity index (χ1) is 10.7. The lowest BCUT2D eigenvalue weighted by Gasteiger charge is -2.07.